The molecule has 0 saturated heterocycles. The molecule has 0 aliphatic rings. The van der Waals surface area contributed by atoms with Crippen molar-refractivity contribution in [2.45, 2.75) is 32.2 Å². The molecule has 2 N–H and O–H groups in total. The molecule has 0 aliphatic carbocycles. The fourth-order valence-corrected chi connectivity index (χ4v) is 5.23. The fraction of sp³-hybridized carbons (Fsp3) is 0.241. The van der Waals surface area contributed by atoms with Crippen molar-refractivity contribution in [3.63, 3.8) is 0 Å². The maximum atomic E-state index is 12.7. The van der Waals surface area contributed by atoms with Crippen molar-refractivity contribution in [2.24, 2.45) is 0 Å². The molecule has 36 heavy (non-hydrogen) atoms. The Morgan fingerprint density at radius 1 is 0.972 bits per heavy atom. The van der Waals surface area contributed by atoms with E-state index in [0.717, 1.165) is 32.6 Å². The van der Waals surface area contributed by atoms with Gasteiger partial charge in [-0.1, -0.05) is 35.9 Å². The summed E-state index contributed by atoms with van der Waals surface area (Å²) < 4.78 is 7.27. The van der Waals surface area contributed by atoms with Gasteiger partial charge in [0.25, 0.3) is 5.91 Å². The third kappa shape index (κ3) is 5.91. The number of methoxy groups -OCH3 is 1. The number of anilines is 1. The van der Waals surface area contributed by atoms with E-state index in [1.807, 2.05) is 26.0 Å². The summed E-state index contributed by atoms with van der Waals surface area (Å²) in [5.74, 6) is 0.878. The van der Waals surface area contributed by atoms with Gasteiger partial charge in [0, 0.05) is 46.3 Å². The normalized spacial score (nSPS) is 10.9. The second kappa shape index (κ2) is 11.4. The molecule has 4 aromatic rings. The lowest BCUT2D eigenvalue weighted by Gasteiger charge is -2.12. The SMILES string of the molecule is COc1ccc(C(=O)NCCn2cc(SCC(=O)Nc3c(C)cc(C)cc3C)c3ccccc32)cc1. The molecular formula is C29H31N3O3S. The van der Waals surface area contributed by atoms with Gasteiger partial charge < -0.3 is 19.9 Å². The lowest BCUT2D eigenvalue weighted by atomic mass is 10.1. The highest BCUT2D eigenvalue weighted by atomic mass is 32.2. The van der Waals surface area contributed by atoms with Crippen LogP contribution in [-0.2, 0) is 11.3 Å². The number of aryl methyl sites for hydroxylation is 3. The Hall–Kier alpha value is -3.71. The second-order valence-electron chi connectivity index (χ2n) is 8.80. The molecule has 1 aromatic heterocycles. The molecule has 0 unspecified atom stereocenters. The van der Waals surface area contributed by atoms with E-state index in [1.165, 1.54) is 17.3 Å². The van der Waals surface area contributed by atoms with Gasteiger partial charge in [0.15, 0.2) is 0 Å². The summed E-state index contributed by atoms with van der Waals surface area (Å²) in [6, 6.07) is 19.3. The number of carbonyl (C=O) groups is 2. The Balaban J connectivity index is 1.39. The predicted molar refractivity (Wildman–Crippen MR) is 147 cm³/mol. The lowest BCUT2D eigenvalue weighted by Crippen LogP contribution is -2.27. The molecule has 0 fully saturated rings. The quantitative estimate of drug-likeness (QED) is 0.287. The number of rotatable bonds is 9. The van der Waals surface area contributed by atoms with Crippen LogP contribution in [0, 0.1) is 20.8 Å². The third-order valence-electron chi connectivity index (χ3n) is 6.04. The largest absolute Gasteiger partial charge is 0.497 e. The minimum absolute atomic E-state index is 0.0290. The standard InChI is InChI=1S/C29H31N3O3S/c1-19-15-20(2)28(21(3)16-19)31-27(33)18-36-26-17-32(25-8-6-5-7-24(25)26)14-13-30-29(34)22-9-11-23(35-4)12-10-22/h5-12,15-17H,13-14,18H2,1-4H3,(H,30,34)(H,31,33). The van der Waals surface area contributed by atoms with Crippen molar-refractivity contribution in [3.8, 4) is 5.75 Å². The van der Waals surface area contributed by atoms with Gasteiger partial charge in [-0.15, -0.1) is 11.8 Å². The first kappa shape index (κ1) is 25.4. The molecule has 1 heterocycles. The summed E-state index contributed by atoms with van der Waals surface area (Å²) in [7, 11) is 1.60. The van der Waals surface area contributed by atoms with E-state index in [2.05, 4.69) is 52.6 Å². The van der Waals surface area contributed by atoms with Crippen molar-refractivity contribution in [2.75, 3.05) is 24.7 Å². The lowest BCUT2D eigenvalue weighted by molar-refractivity contribution is -0.113. The summed E-state index contributed by atoms with van der Waals surface area (Å²) in [5, 5.41) is 7.15. The van der Waals surface area contributed by atoms with Crippen LogP contribution in [0.15, 0.2) is 71.8 Å². The van der Waals surface area contributed by atoms with Gasteiger partial charge >= 0.3 is 0 Å². The van der Waals surface area contributed by atoms with E-state index in [-0.39, 0.29) is 11.8 Å². The van der Waals surface area contributed by atoms with Gasteiger partial charge in [0.05, 0.1) is 12.9 Å². The van der Waals surface area contributed by atoms with Crippen LogP contribution in [0.3, 0.4) is 0 Å². The molecule has 186 valence electrons. The third-order valence-corrected chi connectivity index (χ3v) is 7.09. The highest BCUT2D eigenvalue weighted by Gasteiger charge is 2.13. The van der Waals surface area contributed by atoms with Crippen LogP contribution in [0.1, 0.15) is 27.0 Å². The average molecular weight is 502 g/mol. The number of nitrogens with zero attached hydrogens (tertiary/aromatic N) is 1. The van der Waals surface area contributed by atoms with Crippen LogP contribution in [0.5, 0.6) is 5.75 Å². The number of amides is 2. The molecule has 4 rings (SSSR count). The number of ether oxygens (including phenoxy) is 1. The van der Waals surface area contributed by atoms with E-state index >= 15 is 0 Å². The first-order valence-corrected chi connectivity index (χ1v) is 12.8. The summed E-state index contributed by atoms with van der Waals surface area (Å²) in [4.78, 5) is 26.3. The maximum absolute atomic E-state index is 12.7. The maximum Gasteiger partial charge on any atom is 0.251 e. The van der Waals surface area contributed by atoms with Crippen LogP contribution < -0.4 is 15.4 Å². The van der Waals surface area contributed by atoms with Gasteiger partial charge in [-0.2, -0.15) is 0 Å². The Labute approximate surface area is 216 Å². The van der Waals surface area contributed by atoms with Crippen LogP contribution in [-0.4, -0.2) is 35.8 Å². The van der Waals surface area contributed by atoms with E-state index in [4.69, 9.17) is 4.74 Å². The van der Waals surface area contributed by atoms with Crippen molar-refractivity contribution in [3.05, 3.63) is 89.1 Å². The van der Waals surface area contributed by atoms with Crippen molar-refractivity contribution in [1.29, 1.82) is 0 Å². The molecule has 0 saturated carbocycles. The number of benzene rings is 3. The Kier molecular flexibility index (Phi) is 8.00. The number of thioether (sulfide) groups is 1. The summed E-state index contributed by atoms with van der Waals surface area (Å²) in [6.45, 7) is 7.20. The highest BCUT2D eigenvalue weighted by molar-refractivity contribution is 8.00. The molecule has 7 heteroatoms. The van der Waals surface area contributed by atoms with Crippen LogP contribution >= 0.6 is 11.8 Å². The van der Waals surface area contributed by atoms with Crippen LogP contribution in [0.25, 0.3) is 10.9 Å². The Morgan fingerprint density at radius 2 is 1.67 bits per heavy atom. The molecule has 0 atom stereocenters. The minimum atomic E-state index is -0.123. The van der Waals surface area contributed by atoms with Crippen molar-refractivity contribution < 1.29 is 14.3 Å². The molecule has 3 aromatic carbocycles. The summed E-state index contributed by atoms with van der Waals surface area (Å²) >= 11 is 1.52. The van der Waals surface area contributed by atoms with E-state index in [9.17, 15) is 9.59 Å². The zero-order valence-corrected chi connectivity index (χ0v) is 21.9. The number of para-hydroxylation sites is 1. The Bertz CT molecular complexity index is 1370. The van der Waals surface area contributed by atoms with Gasteiger partial charge in [-0.05, 0) is 62.2 Å². The van der Waals surface area contributed by atoms with Gasteiger partial charge in [0.2, 0.25) is 5.91 Å². The molecule has 0 radical (unpaired) electrons. The number of nitrogens with one attached hydrogen (secondary N) is 2. The van der Waals surface area contributed by atoms with E-state index in [0.29, 0.717) is 30.2 Å². The van der Waals surface area contributed by atoms with Gasteiger partial charge in [-0.25, -0.2) is 0 Å². The fourth-order valence-electron chi connectivity index (χ4n) is 4.34. The van der Waals surface area contributed by atoms with Gasteiger partial charge in [0.1, 0.15) is 5.75 Å². The van der Waals surface area contributed by atoms with E-state index in [1.54, 1.807) is 31.4 Å². The number of carbonyl (C=O) groups excluding carboxylic acids is 2. The molecule has 2 amide bonds. The smallest absolute Gasteiger partial charge is 0.251 e. The molecule has 0 spiro atoms. The van der Waals surface area contributed by atoms with Crippen molar-refractivity contribution >= 4 is 40.2 Å². The number of hydrogen-bond acceptors (Lipinski definition) is 4. The monoisotopic (exact) mass is 501 g/mol. The second-order valence-corrected chi connectivity index (χ2v) is 9.82. The molecule has 0 aliphatic heterocycles. The Morgan fingerprint density at radius 3 is 2.36 bits per heavy atom. The topological polar surface area (TPSA) is 72.4 Å². The molecular weight excluding hydrogens is 470 g/mol. The zero-order chi connectivity index (χ0) is 25.7. The minimum Gasteiger partial charge on any atom is -0.497 e. The van der Waals surface area contributed by atoms with Crippen LogP contribution in [0.2, 0.25) is 0 Å². The summed E-state index contributed by atoms with van der Waals surface area (Å²) in [5.41, 5.74) is 5.88. The summed E-state index contributed by atoms with van der Waals surface area (Å²) in [6.07, 6.45) is 2.06. The van der Waals surface area contributed by atoms with Crippen LogP contribution in [0.4, 0.5) is 5.69 Å². The first-order valence-electron chi connectivity index (χ1n) is 11.9. The number of fused-ring (bicyclic) bond motifs is 1. The predicted octanol–water partition coefficient (Wildman–Crippen LogP) is 5.74. The number of hydrogen-bond donors (Lipinski definition) is 2. The first-order chi connectivity index (χ1) is 17.4. The molecule has 6 nitrogen and oxygen atoms in total. The van der Waals surface area contributed by atoms with Gasteiger partial charge in [-0.3, -0.25) is 9.59 Å². The number of aromatic nitrogens is 1. The zero-order valence-electron chi connectivity index (χ0n) is 21.1. The average Bonchev–Trinajstić information content (AvgIpc) is 3.22. The molecule has 0 bridgehead atoms. The van der Waals surface area contributed by atoms with Crippen molar-refractivity contribution in [1.82, 2.24) is 9.88 Å². The highest BCUT2D eigenvalue weighted by Crippen LogP contribution is 2.30. The van der Waals surface area contributed by atoms with E-state index < -0.39 is 0 Å².